The zero-order chi connectivity index (χ0) is 19.8. The van der Waals surface area contributed by atoms with E-state index in [9.17, 15) is 9.59 Å². The molecule has 6 heteroatoms. The van der Waals surface area contributed by atoms with Crippen LogP contribution in [0.25, 0.3) is 11.4 Å². The number of carbonyl (C=O) groups is 2. The minimum Gasteiger partial charge on any atom is -0.398 e. The molecule has 6 nitrogen and oxygen atoms in total. The van der Waals surface area contributed by atoms with Crippen LogP contribution in [-0.2, 0) is 9.59 Å². The van der Waals surface area contributed by atoms with Crippen LogP contribution in [0.3, 0.4) is 0 Å². The van der Waals surface area contributed by atoms with E-state index in [1.165, 1.54) is 22.0 Å². The Balaban J connectivity index is 1.99. The highest BCUT2D eigenvalue weighted by atomic mass is 16.2. The first-order chi connectivity index (χ1) is 12.9. The van der Waals surface area contributed by atoms with Crippen LogP contribution in [0.5, 0.6) is 0 Å². The molecule has 27 heavy (non-hydrogen) atoms. The summed E-state index contributed by atoms with van der Waals surface area (Å²) >= 11 is 0. The third-order valence-electron chi connectivity index (χ3n) is 3.95. The highest BCUT2D eigenvalue weighted by Crippen LogP contribution is 2.10. The average molecular weight is 364 g/mol. The fraction of sp³-hybridized carbons (Fsp3) is 0.143. The van der Waals surface area contributed by atoms with E-state index in [-0.39, 0.29) is 18.5 Å². The van der Waals surface area contributed by atoms with Gasteiger partial charge in [-0.2, -0.15) is 0 Å². The molecule has 0 atom stereocenters. The smallest absolute Gasteiger partial charge is 0.249 e. The Morgan fingerprint density at radius 2 is 1.07 bits per heavy atom. The predicted molar refractivity (Wildman–Crippen MR) is 108 cm³/mol. The van der Waals surface area contributed by atoms with Gasteiger partial charge in [0.25, 0.3) is 0 Å². The summed E-state index contributed by atoms with van der Waals surface area (Å²) < 4.78 is 0. The van der Waals surface area contributed by atoms with Gasteiger partial charge >= 0.3 is 0 Å². The van der Waals surface area contributed by atoms with Gasteiger partial charge in [0.2, 0.25) is 11.8 Å². The number of hydrogen-bond donors (Lipinski definition) is 2. The zero-order valence-corrected chi connectivity index (χ0v) is 15.5. The molecule has 0 radical (unpaired) electrons. The van der Waals surface area contributed by atoms with Crippen LogP contribution >= 0.6 is 0 Å². The van der Waals surface area contributed by atoms with Gasteiger partial charge in [0.15, 0.2) is 0 Å². The van der Waals surface area contributed by atoms with Crippen LogP contribution in [0, 0.1) is 0 Å². The second kappa shape index (κ2) is 9.24. The summed E-state index contributed by atoms with van der Waals surface area (Å²) in [6.07, 6.45) is 2.70. The molecule has 0 aliphatic heterocycles. The van der Waals surface area contributed by atoms with Crippen molar-refractivity contribution < 1.29 is 9.59 Å². The maximum atomic E-state index is 12.3. The van der Waals surface area contributed by atoms with Gasteiger partial charge < -0.3 is 21.3 Å². The van der Waals surface area contributed by atoms with Crippen molar-refractivity contribution in [3.05, 3.63) is 83.9 Å². The Labute approximate surface area is 159 Å². The number of rotatable bonds is 6. The van der Waals surface area contributed by atoms with E-state index in [1.807, 2.05) is 60.7 Å². The molecule has 0 saturated heterocycles. The topological polar surface area (TPSA) is 92.7 Å². The predicted octanol–water partition coefficient (Wildman–Crippen LogP) is 1.86. The maximum absolute atomic E-state index is 12.3. The molecule has 2 aromatic carbocycles. The summed E-state index contributed by atoms with van der Waals surface area (Å²) in [5, 5.41) is 0. The lowest BCUT2D eigenvalue weighted by molar-refractivity contribution is -0.131. The lowest BCUT2D eigenvalue weighted by Crippen LogP contribution is -2.39. The first-order valence-electron chi connectivity index (χ1n) is 8.44. The molecule has 140 valence electrons. The molecule has 0 aliphatic carbocycles. The van der Waals surface area contributed by atoms with Gasteiger partial charge in [0.1, 0.15) is 0 Å². The van der Waals surface area contributed by atoms with Crippen molar-refractivity contribution in [2.45, 2.75) is 0 Å². The average Bonchev–Trinajstić information content (AvgIpc) is 2.68. The third-order valence-corrected chi connectivity index (χ3v) is 3.95. The molecular formula is C21H24N4O2. The van der Waals surface area contributed by atoms with Gasteiger partial charge in [0.05, 0.1) is 6.67 Å². The fourth-order valence-electron chi connectivity index (χ4n) is 2.37. The number of carbonyl (C=O) groups excluding carboxylic acids is 2. The van der Waals surface area contributed by atoms with E-state index >= 15 is 0 Å². The monoisotopic (exact) mass is 364 g/mol. The molecule has 2 aromatic rings. The van der Waals surface area contributed by atoms with Crippen molar-refractivity contribution in [1.29, 1.82) is 0 Å². The van der Waals surface area contributed by atoms with Gasteiger partial charge in [0, 0.05) is 37.6 Å². The Morgan fingerprint density at radius 3 is 1.41 bits per heavy atom. The highest BCUT2D eigenvalue weighted by molar-refractivity contribution is 5.96. The van der Waals surface area contributed by atoms with Gasteiger partial charge in [-0.1, -0.05) is 60.7 Å². The van der Waals surface area contributed by atoms with Crippen molar-refractivity contribution in [2.24, 2.45) is 11.5 Å². The number of nitrogens with two attached hydrogens (primary N) is 2. The molecule has 2 amide bonds. The van der Waals surface area contributed by atoms with Gasteiger partial charge in [-0.3, -0.25) is 9.59 Å². The van der Waals surface area contributed by atoms with Crippen molar-refractivity contribution >= 4 is 23.2 Å². The van der Waals surface area contributed by atoms with Gasteiger partial charge in [-0.25, -0.2) is 0 Å². The molecule has 2 rings (SSSR count). The van der Waals surface area contributed by atoms with E-state index in [4.69, 9.17) is 11.5 Å². The first kappa shape index (κ1) is 19.8. The Hall–Kier alpha value is -3.54. The van der Waals surface area contributed by atoms with E-state index < -0.39 is 0 Å². The van der Waals surface area contributed by atoms with Crippen molar-refractivity contribution in [3.8, 4) is 0 Å². The van der Waals surface area contributed by atoms with Crippen LogP contribution in [0.2, 0.25) is 0 Å². The summed E-state index contributed by atoms with van der Waals surface area (Å²) in [5.74, 6) is -0.591. The Morgan fingerprint density at radius 1 is 0.741 bits per heavy atom. The van der Waals surface area contributed by atoms with Crippen LogP contribution in [-0.4, -0.2) is 42.4 Å². The van der Waals surface area contributed by atoms with E-state index in [1.54, 1.807) is 14.1 Å². The summed E-state index contributed by atoms with van der Waals surface area (Å²) in [4.78, 5) is 27.4. The number of hydrogen-bond acceptors (Lipinski definition) is 4. The van der Waals surface area contributed by atoms with E-state index in [0.29, 0.717) is 11.4 Å². The normalized spacial score (nSPS) is 11.8. The Bertz CT molecular complexity index is 774. The largest absolute Gasteiger partial charge is 0.398 e. The molecule has 0 saturated carbocycles. The third kappa shape index (κ3) is 5.74. The first-order valence-corrected chi connectivity index (χ1v) is 8.44. The SMILES string of the molecule is CN(CN(C)C(=O)C=C(N)c1ccccc1)C(=O)C=C(N)c1ccccc1. The summed E-state index contributed by atoms with van der Waals surface area (Å²) in [6, 6.07) is 18.4. The molecule has 0 aliphatic rings. The number of likely N-dealkylation sites (N-methyl/N-ethyl adjacent to an activating group) is 2. The Kier molecular flexibility index (Phi) is 6.77. The molecular weight excluding hydrogens is 340 g/mol. The molecule has 4 N–H and O–H groups in total. The van der Waals surface area contributed by atoms with E-state index in [2.05, 4.69) is 0 Å². The summed E-state index contributed by atoms with van der Waals surface area (Å²) in [5.41, 5.74) is 14.2. The quantitative estimate of drug-likeness (QED) is 0.604. The van der Waals surface area contributed by atoms with Crippen LogP contribution in [0.1, 0.15) is 11.1 Å². The van der Waals surface area contributed by atoms with Crippen molar-refractivity contribution in [3.63, 3.8) is 0 Å². The highest BCUT2D eigenvalue weighted by Gasteiger charge is 2.13. The van der Waals surface area contributed by atoms with Gasteiger partial charge in [-0.05, 0) is 11.1 Å². The molecule has 0 bridgehead atoms. The summed E-state index contributed by atoms with van der Waals surface area (Å²) in [6.45, 7) is 0.106. The zero-order valence-electron chi connectivity index (χ0n) is 15.5. The summed E-state index contributed by atoms with van der Waals surface area (Å²) in [7, 11) is 3.20. The molecule has 0 heterocycles. The molecule has 0 spiro atoms. The minimum atomic E-state index is -0.295. The number of benzene rings is 2. The maximum Gasteiger partial charge on any atom is 0.249 e. The van der Waals surface area contributed by atoms with Crippen LogP contribution < -0.4 is 11.5 Å². The van der Waals surface area contributed by atoms with Crippen LogP contribution in [0.4, 0.5) is 0 Å². The number of amides is 2. The lowest BCUT2D eigenvalue weighted by atomic mass is 10.1. The van der Waals surface area contributed by atoms with Gasteiger partial charge in [-0.15, -0.1) is 0 Å². The fourth-order valence-corrected chi connectivity index (χ4v) is 2.37. The second-order valence-electron chi connectivity index (χ2n) is 6.15. The number of nitrogens with zero attached hydrogens (tertiary/aromatic N) is 2. The molecule has 0 aromatic heterocycles. The van der Waals surface area contributed by atoms with Crippen LogP contribution in [0.15, 0.2) is 72.8 Å². The van der Waals surface area contributed by atoms with Crippen molar-refractivity contribution in [1.82, 2.24) is 9.80 Å². The standard InChI is InChI=1S/C21H24N4O2/c1-24(20(26)13-18(22)16-9-5-3-6-10-16)15-25(2)21(27)14-19(23)17-11-7-4-8-12-17/h3-14H,15,22-23H2,1-2H3. The minimum absolute atomic E-state index is 0.106. The van der Waals surface area contributed by atoms with E-state index in [0.717, 1.165) is 11.1 Å². The van der Waals surface area contributed by atoms with Crippen molar-refractivity contribution in [2.75, 3.05) is 20.8 Å². The lowest BCUT2D eigenvalue weighted by Gasteiger charge is -2.23. The molecule has 0 fully saturated rings. The molecule has 0 unspecified atom stereocenters. The second-order valence-corrected chi connectivity index (χ2v) is 6.15.